The summed E-state index contributed by atoms with van der Waals surface area (Å²) >= 11 is -2.12. The minimum Gasteiger partial charge on any atom is -0.768 e. The van der Waals surface area contributed by atoms with Crippen molar-refractivity contribution in [1.29, 1.82) is 0 Å². The molecule has 58 valence electrons. The van der Waals surface area contributed by atoms with E-state index in [1.54, 1.807) is 30.3 Å². The maximum Gasteiger partial charge on any atom is 1.00 e. The molecule has 0 fully saturated rings. The average molecular weight is 174 g/mol. The largest absolute Gasteiger partial charge is 1.00 e. The SMILES string of the molecule is C=Cc1ccc(S(=O)[O-])cc1.[Li+]. The monoisotopic (exact) mass is 174 g/mol. The Morgan fingerprint density at radius 3 is 2.17 bits per heavy atom. The Kier molecular flexibility index (Phi) is 5.19. The van der Waals surface area contributed by atoms with E-state index in [4.69, 9.17) is 0 Å². The minimum atomic E-state index is -2.12. The molecule has 0 heterocycles. The Morgan fingerprint density at radius 2 is 1.83 bits per heavy atom. The summed E-state index contributed by atoms with van der Waals surface area (Å²) in [7, 11) is 0. The summed E-state index contributed by atoms with van der Waals surface area (Å²) < 4.78 is 20.7. The molecule has 0 N–H and O–H groups in total. The van der Waals surface area contributed by atoms with Crippen LogP contribution in [-0.2, 0) is 11.1 Å². The zero-order valence-corrected chi connectivity index (χ0v) is 7.64. The van der Waals surface area contributed by atoms with E-state index in [-0.39, 0.29) is 18.9 Å². The van der Waals surface area contributed by atoms with Gasteiger partial charge in [0.05, 0.1) is 0 Å². The van der Waals surface area contributed by atoms with Gasteiger partial charge in [-0.2, -0.15) is 0 Å². The molecule has 1 rings (SSSR count). The number of hydrogen-bond acceptors (Lipinski definition) is 2. The fourth-order valence-electron chi connectivity index (χ4n) is 0.715. The van der Waals surface area contributed by atoms with Crippen LogP contribution < -0.4 is 18.9 Å². The van der Waals surface area contributed by atoms with E-state index in [1.165, 1.54) is 0 Å². The van der Waals surface area contributed by atoms with Gasteiger partial charge in [-0.1, -0.05) is 24.8 Å². The van der Waals surface area contributed by atoms with Gasteiger partial charge < -0.3 is 4.55 Å². The number of benzene rings is 1. The second-order valence-corrected chi connectivity index (χ2v) is 2.95. The van der Waals surface area contributed by atoms with Crippen molar-refractivity contribution in [3.63, 3.8) is 0 Å². The smallest absolute Gasteiger partial charge is 0.768 e. The van der Waals surface area contributed by atoms with Crippen molar-refractivity contribution < 1.29 is 27.6 Å². The van der Waals surface area contributed by atoms with Gasteiger partial charge in [0.2, 0.25) is 0 Å². The normalized spacial score (nSPS) is 11.4. The molecule has 0 bridgehead atoms. The van der Waals surface area contributed by atoms with Gasteiger partial charge in [-0.3, -0.25) is 4.21 Å². The molecule has 1 unspecified atom stereocenters. The van der Waals surface area contributed by atoms with E-state index in [0.717, 1.165) is 5.56 Å². The third kappa shape index (κ3) is 2.96. The van der Waals surface area contributed by atoms with E-state index >= 15 is 0 Å². The summed E-state index contributed by atoms with van der Waals surface area (Å²) in [5.74, 6) is 0. The Bertz CT molecular complexity index is 282. The Balaban J connectivity index is 0.00000121. The van der Waals surface area contributed by atoms with Gasteiger partial charge in [0.1, 0.15) is 0 Å². The summed E-state index contributed by atoms with van der Waals surface area (Å²) in [5, 5.41) is 0. The zero-order valence-electron chi connectivity index (χ0n) is 6.82. The summed E-state index contributed by atoms with van der Waals surface area (Å²) in [6.45, 7) is 3.55. The van der Waals surface area contributed by atoms with E-state index in [2.05, 4.69) is 6.58 Å². The van der Waals surface area contributed by atoms with Crippen LogP contribution in [-0.4, -0.2) is 8.76 Å². The van der Waals surface area contributed by atoms with Crippen LogP contribution in [0.15, 0.2) is 35.7 Å². The first-order valence-corrected chi connectivity index (χ1v) is 4.13. The van der Waals surface area contributed by atoms with Crippen LogP contribution >= 0.6 is 0 Å². The molecule has 12 heavy (non-hydrogen) atoms. The molecule has 0 aliphatic heterocycles. The molecule has 0 saturated heterocycles. The van der Waals surface area contributed by atoms with Gasteiger partial charge in [-0.05, 0) is 28.8 Å². The van der Waals surface area contributed by atoms with Gasteiger partial charge in [-0.15, -0.1) is 0 Å². The number of rotatable bonds is 2. The van der Waals surface area contributed by atoms with Gasteiger partial charge in [-0.25, -0.2) is 0 Å². The first kappa shape index (κ1) is 11.7. The van der Waals surface area contributed by atoms with Crippen LogP contribution in [0, 0.1) is 0 Å². The second-order valence-electron chi connectivity index (χ2n) is 2.01. The fourth-order valence-corrected chi connectivity index (χ4v) is 1.07. The predicted octanol–water partition coefficient (Wildman–Crippen LogP) is -1.43. The van der Waals surface area contributed by atoms with Crippen molar-refractivity contribution in [3.8, 4) is 0 Å². The van der Waals surface area contributed by atoms with Crippen molar-refractivity contribution in [1.82, 2.24) is 0 Å². The van der Waals surface area contributed by atoms with Crippen LogP contribution in [0.1, 0.15) is 5.56 Å². The standard InChI is InChI=1S/C8H8O2S.Li/c1-2-7-3-5-8(6-4-7)11(9)10;/h2-6H,1H2,(H,9,10);/q;+1/p-1. The van der Waals surface area contributed by atoms with Gasteiger partial charge in [0, 0.05) is 4.90 Å². The summed E-state index contributed by atoms with van der Waals surface area (Å²) in [4.78, 5) is 0.301. The molecule has 0 saturated carbocycles. The molecule has 0 aliphatic carbocycles. The van der Waals surface area contributed by atoms with Gasteiger partial charge in [0.15, 0.2) is 0 Å². The third-order valence-corrected chi connectivity index (χ3v) is 1.97. The van der Waals surface area contributed by atoms with Crippen LogP contribution in [0.5, 0.6) is 0 Å². The maximum atomic E-state index is 10.4. The summed E-state index contributed by atoms with van der Waals surface area (Å²) in [6, 6.07) is 6.50. The molecule has 0 aromatic heterocycles. The van der Waals surface area contributed by atoms with Gasteiger partial charge in [0.25, 0.3) is 0 Å². The topological polar surface area (TPSA) is 40.1 Å². The fraction of sp³-hybridized carbons (Fsp3) is 0. The Hall–Kier alpha value is -0.333. The molecule has 4 heteroatoms. The third-order valence-electron chi connectivity index (χ3n) is 1.31. The van der Waals surface area contributed by atoms with Crippen molar-refractivity contribution in [3.05, 3.63) is 36.4 Å². The van der Waals surface area contributed by atoms with E-state index < -0.39 is 11.1 Å². The number of hydrogen-bond donors (Lipinski definition) is 0. The van der Waals surface area contributed by atoms with E-state index in [9.17, 15) is 8.76 Å². The molecule has 1 aromatic carbocycles. The van der Waals surface area contributed by atoms with Crippen LogP contribution in [0.25, 0.3) is 6.08 Å². The van der Waals surface area contributed by atoms with Crippen LogP contribution in [0.4, 0.5) is 0 Å². The zero-order chi connectivity index (χ0) is 8.27. The van der Waals surface area contributed by atoms with Crippen LogP contribution in [0.2, 0.25) is 0 Å². The first-order valence-electron chi connectivity index (χ1n) is 3.06. The van der Waals surface area contributed by atoms with Crippen molar-refractivity contribution in [2.45, 2.75) is 4.90 Å². The predicted molar refractivity (Wildman–Crippen MR) is 43.7 cm³/mol. The van der Waals surface area contributed by atoms with Crippen molar-refractivity contribution in [2.75, 3.05) is 0 Å². The first-order chi connectivity index (χ1) is 5.24. The molecular formula is C8H7LiO2S. The molecule has 2 nitrogen and oxygen atoms in total. The molecule has 0 spiro atoms. The van der Waals surface area contributed by atoms with Crippen molar-refractivity contribution >= 4 is 17.2 Å². The second kappa shape index (κ2) is 5.34. The molecule has 0 amide bonds. The minimum absolute atomic E-state index is 0. The summed E-state index contributed by atoms with van der Waals surface area (Å²) in [6.07, 6.45) is 1.66. The Morgan fingerprint density at radius 1 is 1.33 bits per heavy atom. The average Bonchev–Trinajstić information content (AvgIpc) is 2.05. The molecule has 0 radical (unpaired) electrons. The quantitative estimate of drug-likeness (QED) is 0.407. The van der Waals surface area contributed by atoms with Crippen molar-refractivity contribution in [2.24, 2.45) is 0 Å². The summed E-state index contributed by atoms with van der Waals surface area (Å²) in [5.41, 5.74) is 0.916. The molecule has 1 atom stereocenters. The molecule has 0 aliphatic rings. The van der Waals surface area contributed by atoms with Crippen LogP contribution in [0.3, 0.4) is 0 Å². The van der Waals surface area contributed by atoms with E-state index in [1.807, 2.05) is 0 Å². The molecule has 1 aromatic rings. The van der Waals surface area contributed by atoms with E-state index in [0.29, 0.717) is 4.90 Å². The maximum absolute atomic E-state index is 10.4. The van der Waals surface area contributed by atoms with Gasteiger partial charge >= 0.3 is 18.9 Å². The Labute approximate surface area is 86.1 Å². The molecular weight excluding hydrogens is 167 g/mol.